The number of hydrogen-bond acceptors (Lipinski definition) is 2. The van der Waals surface area contributed by atoms with Gasteiger partial charge in [0, 0.05) is 6.04 Å². The van der Waals surface area contributed by atoms with Crippen molar-refractivity contribution in [2.75, 3.05) is 6.26 Å². The normalized spacial score (nSPS) is 28.5. The van der Waals surface area contributed by atoms with Crippen LogP contribution in [0.5, 0.6) is 0 Å². The molecule has 0 aliphatic heterocycles. The molecule has 0 spiro atoms. The van der Waals surface area contributed by atoms with Crippen LogP contribution in [-0.4, -0.2) is 19.6 Å². The van der Waals surface area contributed by atoms with Crippen molar-refractivity contribution in [3.8, 4) is 0 Å². The standard InChI is InChI=1S/C12H26BNS/c1-10(2)13-11-6-4-8-12(14-15-3)9-5-7-11/h10-14H,4-9H2,1-3H3. The lowest BCUT2D eigenvalue weighted by molar-refractivity contribution is 0.435. The second-order valence-corrected chi connectivity index (χ2v) is 6.02. The summed E-state index contributed by atoms with van der Waals surface area (Å²) in [6.45, 7) is 4.72. The zero-order chi connectivity index (χ0) is 11.1. The van der Waals surface area contributed by atoms with Gasteiger partial charge in [0.25, 0.3) is 0 Å². The first kappa shape index (κ1) is 13.4. The Labute approximate surface area is 101 Å². The molecule has 0 atom stereocenters. The molecule has 0 heterocycles. The van der Waals surface area contributed by atoms with Gasteiger partial charge in [0.2, 0.25) is 0 Å². The average molecular weight is 227 g/mol. The van der Waals surface area contributed by atoms with E-state index in [1.165, 1.54) is 45.8 Å². The summed E-state index contributed by atoms with van der Waals surface area (Å²) in [4.78, 5) is 0. The van der Waals surface area contributed by atoms with Crippen LogP contribution in [0.3, 0.4) is 0 Å². The summed E-state index contributed by atoms with van der Waals surface area (Å²) in [5.74, 6) is 1.90. The van der Waals surface area contributed by atoms with Gasteiger partial charge in [0.05, 0.1) is 0 Å². The Morgan fingerprint density at radius 1 is 1.13 bits per heavy atom. The summed E-state index contributed by atoms with van der Waals surface area (Å²) in [6, 6.07) is 0.778. The first-order valence-electron chi connectivity index (χ1n) is 6.51. The van der Waals surface area contributed by atoms with E-state index in [1.807, 2.05) is 0 Å². The van der Waals surface area contributed by atoms with E-state index in [4.69, 9.17) is 0 Å². The molecule has 1 aliphatic carbocycles. The zero-order valence-corrected chi connectivity index (χ0v) is 11.4. The minimum Gasteiger partial charge on any atom is -0.261 e. The number of nitrogens with one attached hydrogen (secondary N) is 1. The number of rotatable bonds is 4. The van der Waals surface area contributed by atoms with E-state index in [9.17, 15) is 0 Å². The fourth-order valence-electron chi connectivity index (χ4n) is 2.78. The largest absolute Gasteiger partial charge is 0.261 e. The fraction of sp³-hybridized carbons (Fsp3) is 1.00. The van der Waals surface area contributed by atoms with Crippen LogP contribution in [0.1, 0.15) is 52.4 Å². The predicted molar refractivity (Wildman–Crippen MR) is 74.1 cm³/mol. The smallest absolute Gasteiger partial charge is 0.126 e. The molecule has 1 nitrogen and oxygen atoms in total. The van der Waals surface area contributed by atoms with Gasteiger partial charge in [-0.25, -0.2) is 0 Å². The molecule has 88 valence electrons. The highest BCUT2D eigenvalue weighted by molar-refractivity contribution is 7.96. The molecule has 0 amide bonds. The Morgan fingerprint density at radius 3 is 2.20 bits per heavy atom. The third-order valence-corrected chi connectivity index (χ3v) is 3.99. The van der Waals surface area contributed by atoms with Crippen LogP contribution in [0.25, 0.3) is 0 Å². The maximum absolute atomic E-state index is 3.52. The summed E-state index contributed by atoms with van der Waals surface area (Å²) in [7, 11) is 1.45. The van der Waals surface area contributed by atoms with Crippen molar-refractivity contribution >= 4 is 19.2 Å². The first-order chi connectivity index (χ1) is 7.22. The summed E-state index contributed by atoms with van der Waals surface area (Å²) in [6.07, 6.45) is 10.7. The van der Waals surface area contributed by atoms with Crippen LogP contribution in [-0.2, 0) is 0 Å². The molecular formula is C12H26BNS. The van der Waals surface area contributed by atoms with Crippen LogP contribution < -0.4 is 4.72 Å². The lowest BCUT2D eigenvalue weighted by Crippen LogP contribution is -2.24. The molecule has 0 unspecified atom stereocenters. The van der Waals surface area contributed by atoms with Gasteiger partial charge >= 0.3 is 0 Å². The SMILES string of the molecule is CSNC1CCCC(BC(C)C)CCC1. The van der Waals surface area contributed by atoms with E-state index >= 15 is 0 Å². The third-order valence-electron chi connectivity index (χ3n) is 3.42. The van der Waals surface area contributed by atoms with Crippen molar-refractivity contribution in [1.82, 2.24) is 4.72 Å². The average Bonchev–Trinajstić information content (AvgIpc) is 2.12. The number of hydrogen-bond donors (Lipinski definition) is 1. The van der Waals surface area contributed by atoms with Crippen LogP contribution in [0.15, 0.2) is 0 Å². The molecule has 0 radical (unpaired) electrons. The van der Waals surface area contributed by atoms with Crippen LogP contribution >= 0.6 is 11.9 Å². The Bertz CT molecular complexity index is 154. The lowest BCUT2D eigenvalue weighted by Gasteiger charge is -2.25. The van der Waals surface area contributed by atoms with Crippen LogP contribution in [0, 0.1) is 0 Å². The fourth-order valence-corrected chi connectivity index (χ4v) is 3.35. The van der Waals surface area contributed by atoms with Gasteiger partial charge in [-0.3, -0.25) is 4.72 Å². The highest BCUT2D eigenvalue weighted by Gasteiger charge is 2.17. The molecule has 1 N–H and O–H groups in total. The molecule has 1 aliphatic rings. The predicted octanol–water partition coefficient (Wildman–Crippen LogP) is 3.63. The lowest BCUT2D eigenvalue weighted by atomic mass is 9.53. The summed E-state index contributed by atoms with van der Waals surface area (Å²) in [5, 5.41) is 0. The van der Waals surface area contributed by atoms with Crippen LogP contribution in [0.2, 0.25) is 11.6 Å². The van der Waals surface area contributed by atoms with Crippen molar-refractivity contribution in [2.24, 2.45) is 0 Å². The molecule has 15 heavy (non-hydrogen) atoms. The second kappa shape index (κ2) is 7.62. The molecule has 0 saturated heterocycles. The van der Waals surface area contributed by atoms with E-state index in [0.29, 0.717) is 0 Å². The molecule has 3 heteroatoms. The summed E-state index contributed by atoms with van der Waals surface area (Å²) >= 11 is 1.79. The van der Waals surface area contributed by atoms with Gasteiger partial charge in [-0.1, -0.05) is 63.1 Å². The molecule has 1 rings (SSSR count). The highest BCUT2D eigenvalue weighted by atomic mass is 32.2. The van der Waals surface area contributed by atoms with Crippen molar-refractivity contribution in [3.05, 3.63) is 0 Å². The van der Waals surface area contributed by atoms with Gasteiger partial charge < -0.3 is 0 Å². The minimum absolute atomic E-state index is 0.778. The van der Waals surface area contributed by atoms with E-state index in [0.717, 1.165) is 17.7 Å². The van der Waals surface area contributed by atoms with E-state index in [2.05, 4.69) is 24.8 Å². The van der Waals surface area contributed by atoms with Gasteiger partial charge in [-0.05, 0) is 19.1 Å². The quantitative estimate of drug-likeness (QED) is 0.581. The maximum atomic E-state index is 3.52. The molecule has 0 bridgehead atoms. The Hall–Kier alpha value is 0.375. The highest BCUT2D eigenvalue weighted by Crippen LogP contribution is 2.29. The van der Waals surface area contributed by atoms with Gasteiger partial charge in [0.15, 0.2) is 0 Å². The van der Waals surface area contributed by atoms with Gasteiger partial charge in [-0.2, -0.15) is 0 Å². The second-order valence-electron chi connectivity index (χ2n) is 5.38. The summed E-state index contributed by atoms with van der Waals surface area (Å²) < 4.78 is 3.52. The molecule has 0 aromatic heterocycles. The zero-order valence-electron chi connectivity index (χ0n) is 10.6. The van der Waals surface area contributed by atoms with Crippen molar-refractivity contribution in [1.29, 1.82) is 0 Å². The van der Waals surface area contributed by atoms with E-state index < -0.39 is 0 Å². The monoisotopic (exact) mass is 227 g/mol. The molecule has 0 aromatic rings. The van der Waals surface area contributed by atoms with Gasteiger partial charge in [-0.15, -0.1) is 0 Å². The molecule has 1 fully saturated rings. The Kier molecular flexibility index (Phi) is 6.82. The van der Waals surface area contributed by atoms with Crippen LogP contribution in [0.4, 0.5) is 0 Å². The Morgan fingerprint density at radius 2 is 1.73 bits per heavy atom. The van der Waals surface area contributed by atoms with Crippen molar-refractivity contribution in [3.63, 3.8) is 0 Å². The van der Waals surface area contributed by atoms with E-state index in [1.54, 1.807) is 11.9 Å². The molecular weight excluding hydrogens is 201 g/mol. The first-order valence-corrected chi connectivity index (χ1v) is 7.73. The third kappa shape index (κ3) is 5.86. The van der Waals surface area contributed by atoms with Crippen molar-refractivity contribution < 1.29 is 0 Å². The minimum atomic E-state index is 0.778. The summed E-state index contributed by atoms with van der Waals surface area (Å²) in [5.41, 5.74) is 0. The molecule has 0 aromatic carbocycles. The molecule has 1 saturated carbocycles. The topological polar surface area (TPSA) is 12.0 Å². The van der Waals surface area contributed by atoms with Gasteiger partial charge in [0.1, 0.15) is 7.28 Å². The maximum Gasteiger partial charge on any atom is 0.126 e. The van der Waals surface area contributed by atoms with Crippen molar-refractivity contribution in [2.45, 2.75) is 70.0 Å². The van der Waals surface area contributed by atoms with E-state index in [-0.39, 0.29) is 0 Å². The Balaban J connectivity index is 2.24.